The molecule has 7 N–H and O–H groups in total. The first-order chi connectivity index (χ1) is 15.3. The molecule has 11 heteroatoms. The summed E-state index contributed by atoms with van der Waals surface area (Å²) >= 11 is 0. The Morgan fingerprint density at radius 2 is 1.28 bits per heavy atom. The molecular weight excluding hydrogens is 428 g/mol. The molecule has 0 spiro atoms. The van der Waals surface area contributed by atoms with E-state index in [-0.39, 0.29) is 6.61 Å². The van der Waals surface area contributed by atoms with Crippen LogP contribution in [0.25, 0.3) is 6.08 Å². The van der Waals surface area contributed by atoms with Gasteiger partial charge in [-0.3, -0.25) is 0 Å². The van der Waals surface area contributed by atoms with E-state index in [1.807, 2.05) is 30.3 Å². The average molecular weight is 458 g/mol. The zero-order chi connectivity index (χ0) is 23.3. The van der Waals surface area contributed by atoms with E-state index in [0.29, 0.717) is 0 Å². The van der Waals surface area contributed by atoms with Gasteiger partial charge in [-0.1, -0.05) is 42.5 Å². The highest BCUT2D eigenvalue weighted by molar-refractivity contribution is 5.48. The quantitative estimate of drug-likeness (QED) is 0.216. The van der Waals surface area contributed by atoms with Crippen molar-refractivity contribution in [1.82, 2.24) is 0 Å². The average Bonchev–Trinajstić information content (AvgIpc) is 2.81. The van der Waals surface area contributed by atoms with Gasteiger partial charge < -0.3 is 54.7 Å². The summed E-state index contributed by atoms with van der Waals surface area (Å²) in [5.74, 6) is 0. The molecule has 0 amide bonds. The summed E-state index contributed by atoms with van der Waals surface area (Å²) in [4.78, 5) is 0. The van der Waals surface area contributed by atoms with Crippen molar-refractivity contribution in [2.45, 2.75) is 61.4 Å². The largest absolute Gasteiger partial charge is 0.394 e. The van der Waals surface area contributed by atoms with Crippen molar-refractivity contribution >= 4 is 6.08 Å². The molecule has 3 rings (SSSR count). The molecule has 2 saturated heterocycles. The third-order valence-electron chi connectivity index (χ3n) is 5.41. The number of hydrogen-bond donors (Lipinski definition) is 7. The number of benzene rings is 1. The highest BCUT2D eigenvalue weighted by Gasteiger charge is 2.47. The second-order valence-corrected chi connectivity index (χ2v) is 7.69. The van der Waals surface area contributed by atoms with Crippen LogP contribution in [0.15, 0.2) is 36.4 Å². The summed E-state index contributed by atoms with van der Waals surface area (Å²) in [5.41, 5.74) is 0.947. The summed E-state index contributed by atoms with van der Waals surface area (Å²) in [6.45, 7) is -0.974. The molecule has 0 aromatic heterocycles. The van der Waals surface area contributed by atoms with Gasteiger partial charge in [0.05, 0.1) is 19.8 Å². The number of aliphatic hydroxyl groups is 7. The van der Waals surface area contributed by atoms with E-state index in [4.69, 9.17) is 18.9 Å². The Morgan fingerprint density at radius 3 is 1.91 bits per heavy atom. The molecule has 0 aliphatic carbocycles. The molecule has 2 fully saturated rings. The Hall–Kier alpha value is -1.48. The van der Waals surface area contributed by atoms with Crippen molar-refractivity contribution in [2.24, 2.45) is 0 Å². The second kappa shape index (κ2) is 11.6. The van der Waals surface area contributed by atoms with E-state index in [0.717, 1.165) is 5.56 Å². The summed E-state index contributed by atoms with van der Waals surface area (Å²) in [5, 5.41) is 69.4. The van der Waals surface area contributed by atoms with Gasteiger partial charge in [-0.25, -0.2) is 0 Å². The van der Waals surface area contributed by atoms with Crippen molar-refractivity contribution in [1.29, 1.82) is 0 Å². The molecule has 0 bridgehead atoms. The third-order valence-corrected chi connectivity index (χ3v) is 5.41. The normalized spacial score (nSPS) is 40.6. The zero-order valence-corrected chi connectivity index (χ0v) is 17.2. The standard InChI is InChI=1S/C21H30O11/c22-9-12-14(23)16(25)19(28)21(31-12)30-10-13-15(24)17(26)18(27)20(32-13)29-8-4-7-11-5-2-1-3-6-11/h1-7,12-28H,8-10H2/b7-4+/t12-,13-,14-,15-,16+,17+,18-,19-,20-,21-/m1/s1. The minimum atomic E-state index is -1.63. The molecule has 0 unspecified atom stereocenters. The van der Waals surface area contributed by atoms with Gasteiger partial charge in [0, 0.05) is 0 Å². The fourth-order valence-electron chi connectivity index (χ4n) is 3.49. The minimum Gasteiger partial charge on any atom is -0.394 e. The lowest BCUT2D eigenvalue weighted by molar-refractivity contribution is -0.330. The molecule has 0 saturated carbocycles. The lowest BCUT2D eigenvalue weighted by Gasteiger charge is -2.42. The Bertz CT molecular complexity index is 715. The summed E-state index contributed by atoms with van der Waals surface area (Å²) in [6.07, 6.45) is -10.9. The van der Waals surface area contributed by atoms with Gasteiger partial charge in [0.2, 0.25) is 0 Å². The number of hydrogen-bond acceptors (Lipinski definition) is 11. The first-order valence-corrected chi connectivity index (χ1v) is 10.3. The molecular formula is C21H30O11. The van der Waals surface area contributed by atoms with Crippen molar-refractivity contribution < 1.29 is 54.7 Å². The van der Waals surface area contributed by atoms with E-state index >= 15 is 0 Å². The van der Waals surface area contributed by atoms with Gasteiger partial charge in [-0.2, -0.15) is 0 Å². The summed E-state index contributed by atoms with van der Waals surface area (Å²) in [7, 11) is 0. The maximum Gasteiger partial charge on any atom is 0.187 e. The molecule has 2 aliphatic rings. The SMILES string of the molecule is OC[C@H]1O[C@@H](OC[C@H]2O[C@@H](OC/C=C/c3ccccc3)[C@H](O)[C@@H](O)[C@@H]2O)[C@H](O)[C@@H](O)[C@@H]1O. The van der Waals surface area contributed by atoms with E-state index in [2.05, 4.69) is 0 Å². The number of aliphatic hydroxyl groups excluding tert-OH is 7. The van der Waals surface area contributed by atoms with Crippen molar-refractivity contribution in [2.75, 3.05) is 19.8 Å². The van der Waals surface area contributed by atoms with Crippen molar-refractivity contribution in [3.8, 4) is 0 Å². The molecule has 0 radical (unpaired) electrons. The monoisotopic (exact) mass is 458 g/mol. The van der Waals surface area contributed by atoms with Crippen LogP contribution in [-0.2, 0) is 18.9 Å². The molecule has 2 aliphatic heterocycles. The molecule has 11 nitrogen and oxygen atoms in total. The van der Waals surface area contributed by atoms with Gasteiger partial charge in [-0.05, 0) is 5.56 Å². The van der Waals surface area contributed by atoms with E-state index in [1.165, 1.54) is 0 Å². The van der Waals surface area contributed by atoms with Crippen LogP contribution in [-0.4, -0.2) is 117 Å². The molecule has 180 valence electrons. The third kappa shape index (κ3) is 5.90. The van der Waals surface area contributed by atoms with Crippen LogP contribution >= 0.6 is 0 Å². The van der Waals surface area contributed by atoms with Crippen LogP contribution in [0.4, 0.5) is 0 Å². The Labute approximate surface area is 184 Å². The molecule has 2 heterocycles. The summed E-state index contributed by atoms with van der Waals surface area (Å²) < 4.78 is 21.6. The van der Waals surface area contributed by atoms with Gasteiger partial charge in [0.1, 0.15) is 48.8 Å². The summed E-state index contributed by atoms with van der Waals surface area (Å²) in [6, 6.07) is 9.45. The minimum absolute atomic E-state index is 0.0553. The highest BCUT2D eigenvalue weighted by atomic mass is 16.7. The van der Waals surface area contributed by atoms with Gasteiger partial charge in [0.15, 0.2) is 12.6 Å². The topological polar surface area (TPSA) is 179 Å². The van der Waals surface area contributed by atoms with E-state index < -0.39 is 74.6 Å². The van der Waals surface area contributed by atoms with Crippen LogP contribution in [0, 0.1) is 0 Å². The second-order valence-electron chi connectivity index (χ2n) is 7.69. The smallest absolute Gasteiger partial charge is 0.187 e. The van der Waals surface area contributed by atoms with Gasteiger partial charge in [0.25, 0.3) is 0 Å². The lowest BCUT2D eigenvalue weighted by atomic mass is 9.98. The molecule has 1 aromatic carbocycles. The Kier molecular flexibility index (Phi) is 9.11. The first kappa shape index (κ1) is 25.1. The van der Waals surface area contributed by atoms with Crippen molar-refractivity contribution in [3.63, 3.8) is 0 Å². The van der Waals surface area contributed by atoms with E-state index in [1.54, 1.807) is 12.2 Å². The first-order valence-electron chi connectivity index (χ1n) is 10.3. The fraction of sp³-hybridized carbons (Fsp3) is 0.619. The van der Waals surface area contributed by atoms with Crippen LogP contribution in [0.3, 0.4) is 0 Å². The highest BCUT2D eigenvalue weighted by Crippen LogP contribution is 2.26. The number of ether oxygens (including phenoxy) is 4. The maximum absolute atomic E-state index is 10.2. The van der Waals surface area contributed by atoms with E-state index in [9.17, 15) is 35.7 Å². The van der Waals surface area contributed by atoms with Crippen LogP contribution < -0.4 is 0 Å². The Balaban J connectivity index is 1.54. The van der Waals surface area contributed by atoms with Crippen LogP contribution in [0.2, 0.25) is 0 Å². The fourth-order valence-corrected chi connectivity index (χ4v) is 3.49. The van der Waals surface area contributed by atoms with Gasteiger partial charge >= 0.3 is 0 Å². The predicted molar refractivity (Wildman–Crippen MR) is 108 cm³/mol. The number of rotatable bonds is 8. The molecule has 32 heavy (non-hydrogen) atoms. The lowest BCUT2D eigenvalue weighted by Crippen LogP contribution is -2.61. The Morgan fingerprint density at radius 1 is 0.719 bits per heavy atom. The zero-order valence-electron chi connectivity index (χ0n) is 17.2. The molecule has 10 atom stereocenters. The maximum atomic E-state index is 10.2. The van der Waals surface area contributed by atoms with Gasteiger partial charge in [-0.15, -0.1) is 0 Å². The molecule has 1 aromatic rings. The van der Waals surface area contributed by atoms with Crippen molar-refractivity contribution in [3.05, 3.63) is 42.0 Å². The van der Waals surface area contributed by atoms with Crippen LogP contribution in [0.1, 0.15) is 5.56 Å². The van der Waals surface area contributed by atoms with Crippen LogP contribution in [0.5, 0.6) is 0 Å². The predicted octanol–water partition coefficient (Wildman–Crippen LogP) is -2.66.